The van der Waals surface area contributed by atoms with Crippen LogP contribution < -0.4 is 0 Å². The number of esters is 1. The van der Waals surface area contributed by atoms with Crippen LogP contribution in [0.5, 0.6) is 0 Å². The van der Waals surface area contributed by atoms with Gasteiger partial charge in [0.05, 0.1) is 17.4 Å². The van der Waals surface area contributed by atoms with E-state index in [0.29, 0.717) is 23.1 Å². The van der Waals surface area contributed by atoms with Crippen LogP contribution in [0, 0.1) is 16.0 Å². The lowest BCUT2D eigenvalue weighted by atomic mass is 9.89. The molecule has 0 saturated carbocycles. The molecule has 0 bridgehead atoms. The van der Waals surface area contributed by atoms with Crippen molar-refractivity contribution >= 4 is 17.4 Å². The Labute approximate surface area is 180 Å². The molecule has 0 radical (unpaired) electrons. The number of nitro groups is 1. The maximum absolute atomic E-state index is 13.2. The van der Waals surface area contributed by atoms with Gasteiger partial charge in [0, 0.05) is 24.1 Å². The fourth-order valence-electron chi connectivity index (χ4n) is 3.47. The number of ether oxygens (including phenoxy) is 1. The number of hydrogen-bond acceptors (Lipinski definition) is 5. The van der Waals surface area contributed by atoms with Crippen molar-refractivity contribution in [3.8, 4) is 11.1 Å². The van der Waals surface area contributed by atoms with E-state index in [4.69, 9.17) is 4.74 Å². The van der Waals surface area contributed by atoms with Crippen molar-refractivity contribution in [3.63, 3.8) is 0 Å². The summed E-state index contributed by atoms with van der Waals surface area (Å²) in [5.41, 5.74) is 2.78. The Hall–Kier alpha value is -3.80. The van der Waals surface area contributed by atoms with Crippen molar-refractivity contribution in [1.29, 1.82) is 0 Å². The van der Waals surface area contributed by atoms with Gasteiger partial charge in [-0.3, -0.25) is 19.7 Å². The molecule has 6 heteroatoms. The SMILES string of the molecule is CCOC(=O)C(CC(=O)c1ccccc1-c1ccc([N+](=O)[O-])cc1)Cc1ccccc1. The molecule has 3 rings (SSSR count). The fourth-order valence-corrected chi connectivity index (χ4v) is 3.47. The lowest BCUT2D eigenvalue weighted by molar-refractivity contribution is -0.384. The lowest BCUT2D eigenvalue weighted by Gasteiger charge is -2.16. The van der Waals surface area contributed by atoms with E-state index in [1.807, 2.05) is 30.3 Å². The van der Waals surface area contributed by atoms with Crippen LogP contribution >= 0.6 is 0 Å². The summed E-state index contributed by atoms with van der Waals surface area (Å²) < 4.78 is 5.21. The predicted molar refractivity (Wildman–Crippen MR) is 118 cm³/mol. The van der Waals surface area contributed by atoms with Crippen LogP contribution in [0.4, 0.5) is 5.69 Å². The minimum Gasteiger partial charge on any atom is -0.466 e. The van der Waals surface area contributed by atoms with Crippen LogP contribution in [0.15, 0.2) is 78.9 Å². The Morgan fingerprint density at radius 1 is 0.935 bits per heavy atom. The largest absolute Gasteiger partial charge is 0.466 e. The summed E-state index contributed by atoms with van der Waals surface area (Å²) in [7, 11) is 0. The molecule has 158 valence electrons. The molecule has 0 N–H and O–H groups in total. The second-order valence-corrected chi connectivity index (χ2v) is 7.12. The normalized spacial score (nSPS) is 11.5. The molecule has 3 aromatic carbocycles. The second kappa shape index (κ2) is 10.3. The van der Waals surface area contributed by atoms with Crippen LogP contribution in [0.25, 0.3) is 11.1 Å². The molecule has 1 atom stereocenters. The van der Waals surface area contributed by atoms with Crippen LogP contribution in [0.2, 0.25) is 0 Å². The number of non-ortho nitro benzene ring substituents is 1. The van der Waals surface area contributed by atoms with E-state index in [9.17, 15) is 19.7 Å². The molecule has 6 nitrogen and oxygen atoms in total. The number of carbonyl (C=O) groups is 2. The lowest BCUT2D eigenvalue weighted by Crippen LogP contribution is -2.23. The highest BCUT2D eigenvalue weighted by Crippen LogP contribution is 2.28. The van der Waals surface area contributed by atoms with Gasteiger partial charge in [-0.2, -0.15) is 0 Å². The molecule has 0 amide bonds. The van der Waals surface area contributed by atoms with Crippen molar-refractivity contribution in [2.45, 2.75) is 19.8 Å². The van der Waals surface area contributed by atoms with E-state index >= 15 is 0 Å². The zero-order chi connectivity index (χ0) is 22.2. The summed E-state index contributed by atoms with van der Waals surface area (Å²) in [5.74, 6) is -1.17. The molecule has 0 aliphatic carbocycles. The zero-order valence-corrected chi connectivity index (χ0v) is 17.2. The third-order valence-electron chi connectivity index (χ3n) is 4.99. The molecule has 0 aliphatic heterocycles. The molecule has 31 heavy (non-hydrogen) atoms. The van der Waals surface area contributed by atoms with Crippen molar-refractivity contribution in [3.05, 3.63) is 100 Å². The topological polar surface area (TPSA) is 86.5 Å². The highest BCUT2D eigenvalue weighted by molar-refractivity contribution is 6.03. The Morgan fingerprint density at radius 2 is 1.58 bits per heavy atom. The van der Waals surface area contributed by atoms with Crippen LogP contribution in [0.1, 0.15) is 29.3 Å². The van der Waals surface area contributed by atoms with E-state index < -0.39 is 16.8 Å². The number of hydrogen-bond donors (Lipinski definition) is 0. The Bertz CT molecular complexity index is 1060. The van der Waals surface area contributed by atoms with Gasteiger partial charge in [0.15, 0.2) is 5.78 Å². The maximum atomic E-state index is 13.2. The van der Waals surface area contributed by atoms with Gasteiger partial charge in [-0.15, -0.1) is 0 Å². The van der Waals surface area contributed by atoms with Crippen LogP contribution in [0.3, 0.4) is 0 Å². The third kappa shape index (κ3) is 5.63. The summed E-state index contributed by atoms with van der Waals surface area (Å²) in [6.07, 6.45) is 0.419. The fraction of sp³-hybridized carbons (Fsp3) is 0.200. The number of ketones is 1. The van der Waals surface area contributed by atoms with E-state index in [0.717, 1.165) is 5.56 Å². The van der Waals surface area contributed by atoms with E-state index in [1.165, 1.54) is 12.1 Å². The van der Waals surface area contributed by atoms with Crippen LogP contribution in [-0.4, -0.2) is 23.3 Å². The third-order valence-corrected chi connectivity index (χ3v) is 4.99. The van der Waals surface area contributed by atoms with Gasteiger partial charge in [0.1, 0.15) is 0 Å². The van der Waals surface area contributed by atoms with Gasteiger partial charge in [-0.05, 0) is 42.2 Å². The van der Waals surface area contributed by atoms with Crippen molar-refractivity contribution in [2.75, 3.05) is 6.61 Å². The van der Waals surface area contributed by atoms with Gasteiger partial charge in [0.2, 0.25) is 0 Å². The molecular formula is C25H23NO5. The summed E-state index contributed by atoms with van der Waals surface area (Å²) in [4.78, 5) is 36.2. The minimum atomic E-state index is -0.597. The Kier molecular flexibility index (Phi) is 7.27. The highest BCUT2D eigenvalue weighted by atomic mass is 16.6. The molecule has 0 fully saturated rings. The number of carbonyl (C=O) groups excluding carboxylic acids is 2. The van der Waals surface area contributed by atoms with Gasteiger partial charge in [-0.25, -0.2) is 0 Å². The smallest absolute Gasteiger partial charge is 0.309 e. The number of nitrogens with zero attached hydrogens (tertiary/aromatic N) is 1. The second-order valence-electron chi connectivity index (χ2n) is 7.12. The predicted octanol–water partition coefficient (Wildman–Crippen LogP) is 5.26. The highest BCUT2D eigenvalue weighted by Gasteiger charge is 2.25. The number of Topliss-reactive ketones (excluding diaryl/α,β-unsaturated/α-hetero) is 1. The molecule has 0 spiro atoms. The first-order chi connectivity index (χ1) is 15.0. The standard InChI is InChI=1S/C25H23NO5/c1-2-31-25(28)20(16-18-8-4-3-5-9-18)17-24(27)23-11-7-6-10-22(23)19-12-14-21(15-13-19)26(29)30/h3-15,20H,2,16-17H2,1H3. The first kappa shape index (κ1) is 21.9. The molecular weight excluding hydrogens is 394 g/mol. The number of nitro benzene ring substituents is 1. The summed E-state index contributed by atoms with van der Waals surface area (Å²) >= 11 is 0. The van der Waals surface area contributed by atoms with Gasteiger partial charge < -0.3 is 4.74 Å². The zero-order valence-electron chi connectivity index (χ0n) is 17.2. The summed E-state index contributed by atoms with van der Waals surface area (Å²) in [5, 5.41) is 10.9. The average molecular weight is 417 g/mol. The summed E-state index contributed by atoms with van der Waals surface area (Å²) in [6.45, 7) is 1.99. The number of rotatable bonds is 9. The molecule has 1 unspecified atom stereocenters. The molecule has 0 heterocycles. The average Bonchev–Trinajstić information content (AvgIpc) is 2.79. The van der Waals surface area contributed by atoms with Crippen molar-refractivity contribution < 1.29 is 19.2 Å². The van der Waals surface area contributed by atoms with E-state index in [2.05, 4.69) is 0 Å². The van der Waals surface area contributed by atoms with Gasteiger partial charge in [-0.1, -0.05) is 54.6 Å². The first-order valence-corrected chi connectivity index (χ1v) is 10.1. The maximum Gasteiger partial charge on any atom is 0.309 e. The number of benzene rings is 3. The van der Waals surface area contributed by atoms with E-state index in [1.54, 1.807) is 43.3 Å². The van der Waals surface area contributed by atoms with Crippen molar-refractivity contribution in [2.24, 2.45) is 5.92 Å². The Balaban J connectivity index is 1.86. The summed E-state index contributed by atoms with van der Waals surface area (Å²) in [6, 6.07) is 22.7. The molecule has 0 aliphatic rings. The van der Waals surface area contributed by atoms with E-state index in [-0.39, 0.29) is 24.5 Å². The monoisotopic (exact) mass is 417 g/mol. The van der Waals surface area contributed by atoms with Crippen molar-refractivity contribution in [1.82, 2.24) is 0 Å². The molecule has 3 aromatic rings. The van der Waals surface area contributed by atoms with Crippen LogP contribution in [-0.2, 0) is 16.0 Å². The van der Waals surface area contributed by atoms with Gasteiger partial charge >= 0.3 is 5.97 Å². The Morgan fingerprint density at radius 3 is 2.23 bits per heavy atom. The molecule has 0 aromatic heterocycles. The van der Waals surface area contributed by atoms with Gasteiger partial charge in [0.25, 0.3) is 5.69 Å². The first-order valence-electron chi connectivity index (χ1n) is 10.1. The minimum absolute atomic E-state index is 0.0116. The molecule has 0 saturated heterocycles. The quantitative estimate of drug-likeness (QED) is 0.205.